The fourth-order valence-electron chi connectivity index (χ4n) is 1.91. The number of nitrogens with zero attached hydrogens (tertiary/aromatic N) is 1. The Hall–Kier alpha value is -0.610. The molecule has 0 saturated carbocycles. The van der Waals surface area contributed by atoms with Crippen molar-refractivity contribution in [2.75, 3.05) is 13.1 Å². The van der Waals surface area contributed by atoms with Crippen LogP contribution in [0.1, 0.15) is 20.8 Å². The summed E-state index contributed by atoms with van der Waals surface area (Å²) in [5, 5.41) is 18.8. The maximum Gasteiger partial charge on any atom is 0.251 e. The fraction of sp³-hybridized carbons (Fsp3) is 0.900. The molecule has 0 aromatic rings. The first-order valence-corrected chi connectivity index (χ1v) is 5.08. The molecule has 2 unspecified atom stereocenters. The van der Waals surface area contributed by atoms with E-state index < -0.39 is 12.2 Å². The van der Waals surface area contributed by atoms with E-state index >= 15 is 0 Å². The average molecular weight is 201 g/mol. The monoisotopic (exact) mass is 201 g/mol. The SMILES string of the molecule is CC(C)C1CN(C(=O)[C@H](C)O)CC1O. The lowest BCUT2D eigenvalue weighted by Crippen LogP contribution is -2.36. The van der Waals surface area contributed by atoms with Crippen molar-refractivity contribution in [2.24, 2.45) is 11.8 Å². The maximum absolute atomic E-state index is 11.4. The molecule has 4 nitrogen and oxygen atoms in total. The minimum Gasteiger partial charge on any atom is -0.391 e. The van der Waals surface area contributed by atoms with Crippen LogP contribution < -0.4 is 0 Å². The van der Waals surface area contributed by atoms with E-state index in [2.05, 4.69) is 0 Å². The molecule has 1 saturated heterocycles. The number of hydrogen-bond acceptors (Lipinski definition) is 3. The molecule has 1 amide bonds. The highest BCUT2D eigenvalue weighted by atomic mass is 16.3. The van der Waals surface area contributed by atoms with E-state index in [0.29, 0.717) is 19.0 Å². The van der Waals surface area contributed by atoms with E-state index in [4.69, 9.17) is 5.11 Å². The Balaban J connectivity index is 2.59. The predicted molar refractivity (Wildman–Crippen MR) is 52.6 cm³/mol. The van der Waals surface area contributed by atoms with Crippen LogP contribution in [0, 0.1) is 11.8 Å². The van der Waals surface area contributed by atoms with Crippen molar-refractivity contribution >= 4 is 5.91 Å². The first-order valence-electron chi connectivity index (χ1n) is 5.08. The molecule has 0 aliphatic carbocycles. The Labute approximate surface area is 84.5 Å². The smallest absolute Gasteiger partial charge is 0.251 e. The molecule has 1 rings (SSSR count). The molecule has 0 aromatic heterocycles. The lowest BCUT2D eigenvalue weighted by molar-refractivity contribution is -0.138. The van der Waals surface area contributed by atoms with Crippen LogP contribution in [0.2, 0.25) is 0 Å². The summed E-state index contributed by atoms with van der Waals surface area (Å²) >= 11 is 0. The summed E-state index contributed by atoms with van der Waals surface area (Å²) in [5.41, 5.74) is 0. The highest BCUT2D eigenvalue weighted by Gasteiger charge is 2.36. The van der Waals surface area contributed by atoms with Gasteiger partial charge in [0.05, 0.1) is 6.10 Å². The zero-order valence-corrected chi connectivity index (χ0v) is 8.97. The highest BCUT2D eigenvalue weighted by Crippen LogP contribution is 2.24. The predicted octanol–water partition coefficient (Wildman–Crippen LogP) is -0.158. The van der Waals surface area contributed by atoms with Gasteiger partial charge in [-0.05, 0) is 12.8 Å². The summed E-state index contributed by atoms with van der Waals surface area (Å²) in [6, 6.07) is 0. The van der Waals surface area contributed by atoms with E-state index in [-0.39, 0.29) is 11.8 Å². The molecule has 1 aliphatic heterocycles. The average Bonchev–Trinajstić information content (AvgIpc) is 2.45. The van der Waals surface area contributed by atoms with Gasteiger partial charge in [-0.15, -0.1) is 0 Å². The van der Waals surface area contributed by atoms with Crippen molar-refractivity contribution in [1.29, 1.82) is 0 Å². The lowest BCUT2D eigenvalue weighted by Gasteiger charge is -2.19. The summed E-state index contributed by atoms with van der Waals surface area (Å²) in [4.78, 5) is 13.0. The van der Waals surface area contributed by atoms with Gasteiger partial charge >= 0.3 is 0 Å². The Morgan fingerprint density at radius 2 is 1.93 bits per heavy atom. The standard InChI is InChI=1S/C10H19NO3/c1-6(2)8-4-11(5-9(8)13)10(14)7(3)12/h6-9,12-13H,4-5H2,1-3H3/t7-,8?,9?/m0/s1. The Morgan fingerprint density at radius 1 is 1.36 bits per heavy atom. The quantitative estimate of drug-likeness (QED) is 0.653. The molecular weight excluding hydrogens is 182 g/mol. The second-order valence-electron chi connectivity index (χ2n) is 4.39. The zero-order valence-electron chi connectivity index (χ0n) is 8.97. The third kappa shape index (κ3) is 2.25. The van der Waals surface area contributed by atoms with Crippen LogP contribution in [0.25, 0.3) is 0 Å². The third-order valence-electron chi connectivity index (χ3n) is 2.86. The van der Waals surface area contributed by atoms with Crippen molar-refractivity contribution in [1.82, 2.24) is 4.90 Å². The highest BCUT2D eigenvalue weighted by molar-refractivity contribution is 5.80. The first-order chi connectivity index (χ1) is 6.43. The molecule has 0 spiro atoms. The summed E-state index contributed by atoms with van der Waals surface area (Å²) in [6.45, 7) is 6.43. The Bertz CT molecular complexity index is 215. The second-order valence-corrected chi connectivity index (χ2v) is 4.39. The summed E-state index contributed by atoms with van der Waals surface area (Å²) in [5.74, 6) is 0.210. The molecule has 2 N–H and O–H groups in total. The molecule has 4 heteroatoms. The molecule has 1 fully saturated rings. The van der Waals surface area contributed by atoms with E-state index in [1.54, 1.807) is 4.90 Å². The topological polar surface area (TPSA) is 60.8 Å². The van der Waals surface area contributed by atoms with Crippen LogP contribution in [0.3, 0.4) is 0 Å². The van der Waals surface area contributed by atoms with Gasteiger partial charge in [0.1, 0.15) is 6.10 Å². The van der Waals surface area contributed by atoms with Crippen LogP contribution in [-0.4, -0.2) is 46.3 Å². The van der Waals surface area contributed by atoms with Crippen molar-refractivity contribution in [3.63, 3.8) is 0 Å². The summed E-state index contributed by atoms with van der Waals surface area (Å²) in [7, 11) is 0. The van der Waals surface area contributed by atoms with Crippen molar-refractivity contribution in [3.05, 3.63) is 0 Å². The molecule has 0 bridgehead atoms. The van der Waals surface area contributed by atoms with Gasteiger partial charge in [-0.1, -0.05) is 13.8 Å². The molecule has 14 heavy (non-hydrogen) atoms. The fourth-order valence-corrected chi connectivity index (χ4v) is 1.91. The van der Waals surface area contributed by atoms with E-state index in [0.717, 1.165) is 0 Å². The van der Waals surface area contributed by atoms with Gasteiger partial charge < -0.3 is 15.1 Å². The molecule has 0 radical (unpaired) electrons. The number of β-amino-alcohol motifs (C(OH)–C–C–N with tert-alkyl or cyclic N) is 1. The molecule has 0 aromatic carbocycles. The Kier molecular flexibility index (Phi) is 3.50. The van der Waals surface area contributed by atoms with Crippen LogP contribution in [0.5, 0.6) is 0 Å². The zero-order chi connectivity index (χ0) is 10.9. The third-order valence-corrected chi connectivity index (χ3v) is 2.86. The van der Waals surface area contributed by atoms with Gasteiger partial charge in [0.2, 0.25) is 0 Å². The number of carbonyl (C=O) groups is 1. The number of amides is 1. The van der Waals surface area contributed by atoms with E-state index in [9.17, 15) is 9.90 Å². The molecule has 1 heterocycles. The number of aliphatic hydroxyl groups excluding tert-OH is 2. The number of likely N-dealkylation sites (tertiary alicyclic amines) is 1. The summed E-state index contributed by atoms with van der Waals surface area (Å²) < 4.78 is 0. The van der Waals surface area contributed by atoms with Gasteiger partial charge in [-0.2, -0.15) is 0 Å². The number of aliphatic hydroxyl groups is 2. The van der Waals surface area contributed by atoms with Crippen molar-refractivity contribution in [3.8, 4) is 0 Å². The second kappa shape index (κ2) is 4.28. The van der Waals surface area contributed by atoms with Gasteiger partial charge in [0.15, 0.2) is 0 Å². The minimum absolute atomic E-state index is 0.137. The molecule has 82 valence electrons. The number of carbonyl (C=O) groups excluding carboxylic acids is 1. The molecule has 1 aliphatic rings. The molecular formula is C10H19NO3. The van der Waals surface area contributed by atoms with Crippen LogP contribution in [0.4, 0.5) is 0 Å². The normalized spacial score (nSPS) is 29.7. The van der Waals surface area contributed by atoms with E-state index in [1.807, 2.05) is 13.8 Å². The van der Waals surface area contributed by atoms with Crippen molar-refractivity contribution < 1.29 is 15.0 Å². The van der Waals surface area contributed by atoms with Crippen LogP contribution >= 0.6 is 0 Å². The van der Waals surface area contributed by atoms with Crippen molar-refractivity contribution in [2.45, 2.75) is 33.0 Å². The minimum atomic E-state index is -0.965. The van der Waals surface area contributed by atoms with Gasteiger partial charge in [-0.3, -0.25) is 4.79 Å². The van der Waals surface area contributed by atoms with Gasteiger partial charge in [0.25, 0.3) is 5.91 Å². The maximum atomic E-state index is 11.4. The lowest BCUT2D eigenvalue weighted by atomic mass is 9.93. The van der Waals surface area contributed by atoms with Gasteiger partial charge in [-0.25, -0.2) is 0 Å². The number of hydrogen-bond donors (Lipinski definition) is 2. The number of rotatable bonds is 2. The van der Waals surface area contributed by atoms with E-state index in [1.165, 1.54) is 6.92 Å². The Morgan fingerprint density at radius 3 is 2.29 bits per heavy atom. The van der Waals surface area contributed by atoms with Gasteiger partial charge in [0, 0.05) is 19.0 Å². The first kappa shape index (κ1) is 11.5. The van der Waals surface area contributed by atoms with Crippen LogP contribution in [-0.2, 0) is 4.79 Å². The summed E-state index contributed by atoms with van der Waals surface area (Å²) in [6.07, 6.45) is -1.41. The molecule has 3 atom stereocenters. The van der Waals surface area contributed by atoms with Crippen LogP contribution in [0.15, 0.2) is 0 Å². The largest absolute Gasteiger partial charge is 0.391 e.